The largest absolute Gasteiger partial charge is 0.433 e. The van der Waals surface area contributed by atoms with Gasteiger partial charge in [0.15, 0.2) is 5.76 Å². The first-order chi connectivity index (χ1) is 7.54. The highest BCUT2D eigenvalue weighted by atomic mass is 35.5. The summed E-state index contributed by atoms with van der Waals surface area (Å²) in [6.07, 6.45) is 0. The van der Waals surface area contributed by atoms with Crippen LogP contribution >= 0.6 is 11.6 Å². The highest BCUT2D eigenvalue weighted by molar-refractivity contribution is 6.26. The van der Waals surface area contributed by atoms with Crippen LogP contribution in [0.1, 0.15) is 5.76 Å². The fraction of sp³-hybridized carbons (Fsp3) is 0.143. The molecule has 0 amide bonds. The summed E-state index contributed by atoms with van der Waals surface area (Å²) in [6, 6.07) is 2.33. The summed E-state index contributed by atoms with van der Waals surface area (Å²) < 4.78 is 4.69. The number of hydrogen-bond acceptors (Lipinski definition) is 6. The van der Waals surface area contributed by atoms with Crippen LogP contribution in [-0.2, 0) is 9.63 Å². The second-order valence-corrected chi connectivity index (χ2v) is 2.74. The van der Waals surface area contributed by atoms with E-state index in [0.29, 0.717) is 0 Å². The van der Waals surface area contributed by atoms with Gasteiger partial charge in [0.1, 0.15) is 10.8 Å². The minimum absolute atomic E-state index is 0.0749. The number of hydrogen-bond donors (Lipinski definition) is 1. The van der Waals surface area contributed by atoms with Crippen LogP contribution < -0.4 is 5.73 Å². The highest BCUT2D eigenvalue weighted by Gasteiger charge is 2.14. The summed E-state index contributed by atoms with van der Waals surface area (Å²) in [6.45, 7) is 0. The third-order valence-electron chi connectivity index (χ3n) is 1.38. The van der Waals surface area contributed by atoms with Crippen LogP contribution in [0.25, 0.3) is 0 Å². The summed E-state index contributed by atoms with van der Waals surface area (Å²) in [5.41, 5.74) is 5.32. The second-order valence-electron chi connectivity index (χ2n) is 2.47. The van der Waals surface area contributed by atoms with E-state index in [0.717, 1.165) is 6.07 Å². The molecule has 0 bridgehead atoms. The Balaban J connectivity index is 2.75. The summed E-state index contributed by atoms with van der Waals surface area (Å²) in [4.78, 5) is 24.4. The van der Waals surface area contributed by atoms with Gasteiger partial charge >= 0.3 is 11.9 Å². The average Bonchev–Trinajstić information content (AvgIpc) is 2.74. The van der Waals surface area contributed by atoms with Crippen molar-refractivity contribution in [1.29, 1.82) is 0 Å². The minimum atomic E-state index is -0.800. The minimum Gasteiger partial charge on any atom is -0.397 e. The van der Waals surface area contributed by atoms with E-state index in [2.05, 4.69) is 9.99 Å². The zero-order valence-corrected chi connectivity index (χ0v) is 8.51. The van der Waals surface area contributed by atoms with E-state index in [1.807, 2.05) is 0 Å². The molecule has 0 saturated carbocycles. The molecule has 0 aliphatic heterocycles. The normalized spacial score (nSPS) is 11.2. The van der Waals surface area contributed by atoms with E-state index in [4.69, 9.17) is 21.8 Å². The number of rotatable bonds is 4. The predicted molar refractivity (Wildman–Crippen MR) is 52.9 cm³/mol. The van der Waals surface area contributed by atoms with Crippen molar-refractivity contribution in [2.75, 3.05) is 5.88 Å². The van der Waals surface area contributed by atoms with E-state index in [9.17, 15) is 14.9 Å². The van der Waals surface area contributed by atoms with Crippen LogP contribution in [0.15, 0.2) is 21.7 Å². The molecule has 0 aliphatic rings. The van der Waals surface area contributed by atoms with Crippen molar-refractivity contribution in [1.82, 2.24) is 0 Å². The Morgan fingerprint density at radius 2 is 2.38 bits per heavy atom. The number of amidine groups is 1. The SMILES string of the molecule is NC(=NOC(=O)CCl)c1ccc([N+](=O)[O-])o1. The van der Waals surface area contributed by atoms with Crippen molar-refractivity contribution in [3.8, 4) is 0 Å². The Bertz CT molecular complexity index is 441. The van der Waals surface area contributed by atoms with E-state index in [1.54, 1.807) is 0 Å². The number of carbonyl (C=O) groups excluding carboxylic acids is 1. The maximum absolute atomic E-state index is 10.6. The molecule has 86 valence electrons. The first kappa shape index (κ1) is 12.0. The molecule has 16 heavy (non-hydrogen) atoms. The zero-order chi connectivity index (χ0) is 12.1. The van der Waals surface area contributed by atoms with Crippen LogP contribution in [0.3, 0.4) is 0 Å². The van der Waals surface area contributed by atoms with Gasteiger partial charge in [0.05, 0.1) is 6.07 Å². The molecule has 0 aromatic carbocycles. The number of nitrogens with zero attached hydrogens (tertiary/aromatic N) is 2. The van der Waals surface area contributed by atoms with Gasteiger partial charge in [0.25, 0.3) is 0 Å². The topological polar surface area (TPSA) is 121 Å². The molecule has 9 heteroatoms. The lowest BCUT2D eigenvalue weighted by Crippen LogP contribution is -2.14. The van der Waals surface area contributed by atoms with Crippen molar-refractivity contribution in [3.63, 3.8) is 0 Å². The van der Waals surface area contributed by atoms with Crippen LogP contribution in [0, 0.1) is 10.1 Å². The molecule has 0 radical (unpaired) electrons. The molecular weight excluding hydrogens is 242 g/mol. The molecule has 0 aliphatic carbocycles. The Labute approximate surface area is 93.7 Å². The quantitative estimate of drug-likeness (QED) is 0.208. The molecule has 1 aromatic rings. The molecule has 8 nitrogen and oxygen atoms in total. The van der Waals surface area contributed by atoms with Gasteiger partial charge in [-0.2, -0.15) is 0 Å². The first-order valence-corrected chi connectivity index (χ1v) is 4.42. The maximum Gasteiger partial charge on any atom is 0.433 e. The van der Waals surface area contributed by atoms with Gasteiger partial charge in [-0.1, -0.05) is 5.16 Å². The van der Waals surface area contributed by atoms with Gasteiger partial charge in [-0.15, -0.1) is 11.6 Å². The zero-order valence-electron chi connectivity index (χ0n) is 7.75. The molecule has 0 unspecified atom stereocenters. The van der Waals surface area contributed by atoms with Crippen molar-refractivity contribution in [3.05, 3.63) is 28.0 Å². The Morgan fingerprint density at radius 1 is 1.69 bits per heavy atom. The molecule has 2 N–H and O–H groups in total. The number of oxime groups is 1. The van der Waals surface area contributed by atoms with Crippen LogP contribution in [0.2, 0.25) is 0 Å². The molecule has 0 spiro atoms. The second kappa shape index (κ2) is 5.12. The van der Waals surface area contributed by atoms with Crippen LogP contribution in [0.5, 0.6) is 0 Å². The number of alkyl halides is 1. The molecule has 1 aromatic heterocycles. The van der Waals surface area contributed by atoms with E-state index in [-0.39, 0.29) is 17.5 Å². The Hall–Kier alpha value is -2.09. The number of nitro groups is 1. The third-order valence-corrected chi connectivity index (χ3v) is 1.60. The molecule has 1 rings (SSSR count). The lowest BCUT2D eigenvalue weighted by atomic mass is 10.4. The predicted octanol–water partition coefficient (Wildman–Crippen LogP) is 0.590. The van der Waals surface area contributed by atoms with Gasteiger partial charge in [0, 0.05) is 0 Å². The standard InChI is InChI=1S/C7H6ClN3O5/c8-3-6(12)16-10-7(9)4-1-2-5(15-4)11(13)14/h1-2H,3H2,(H2,9,10). The summed E-state index contributed by atoms with van der Waals surface area (Å²) >= 11 is 5.13. The van der Waals surface area contributed by atoms with Gasteiger partial charge in [-0.25, -0.2) is 4.79 Å². The maximum atomic E-state index is 10.6. The number of carbonyl (C=O) groups is 1. The van der Waals surface area contributed by atoms with Crippen molar-refractivity contribution >= 4 is 29.3 Å². The fourth-order valence-corrected chi connectivity index (χ4v) is 0.782. The summed E-state index contributed by atoms with van der Waals surface area (Å²) in [5, 5.41) is 13.5. The Morgan fingerprint density at radius 3 is 2.88 bits per heavy atom. The van der Waals surface area contributed by atoms with Crippen LogP contribution in [-0.4, -0.2) is 22.6 Å². The lowest BCUT2D eigenvalue weighted by molar-refractivity contribution is -0.402. The number of furan rings is 1. The van der Waals surface area contributed by atoms with E-state index >= 15 is 0 Å². The van der Waals surface area contributed by atoms with Gasteiger partial charge in [0.2, 0.25) is 5.84 Å². The van der Waals surface area contributed by atoms with Crippen molar-refractivity contribution in [2.24, 2.45) is 10.9 Å². The summed E-state index contributed by atoms with van der Waals surface area (Å²) in [5.74, 6) is -2.04. The third kappa shape index (κ3) is 2.95. The molecule has 0 saturated heterocycles. The molecule has 0 fully saturated rings. The van der Waals surface area contributed by atoms with Crippen molar-refractivity contribution in [2.45, 2.75) is 0 Å². The first-order valence-electron chi connectivity index (χ1n) is 3.88. The fourth-order valence-electron chi connectivity index (χ4n) is 0.733. The number of nitrogens with two attached hydrogens (primary N) is 1. The van der Waals surface area contributed by atoms with Gasteiger partial charge in [-0.3, -0.25) is 10.1 Å². The lowest BCUT2D eigenvalue weighted by Gasteiger charge is -1.94. The smallest absolute Gasteiger partial charge is 0.397 e. The van der Waals surface area contributed by atoms with E-state index in [1.165, 1.54) is 6.07 Å². The number of halogens is 1. The Kier molecular flexibility index (Phi) is 3.84. The van der Waals surface area contributed by atoms with Crippen molar-refractivity contribution < 1.29 is 19.0 Å². The highest BCUT2D eigenvalue weighted by Crippen LogP contribution is 2.15. The molecule has 1 heterocycles. The van der Waals surface area contributed by atoms with E-state index < -0.39 is 16.8 Å². The summed E-state index contributed by atoms with van der Waals surface area (Å²) in [7, 11) is 0. The average molecular weight is 248 g/mol. The monoisotopic (exact) mass is 247 g/mol. The van der Waals surface area contributed by atoms with Gasteiger partial charge < -0.3 is 15.0 Å². The van der Waals surface area contributed by atoms with Crippen LogP contribution in [0.4, 0.5) is 5.88 Å². The van der Waals surface area contributed by atoms with Gasteiger partial charge in [-0.05, 0) is 6.07 Å². The molecular formula is C7H6ClN3O5. The molecule has 0 atom stereocenters.